The number of methoxy groups -OCH3 is 1. The average Bonchev–Trinajstić information content (AvgIpc) is 3.32. The van der Waals surface area contributed by atoms with Crippen molar-refractivity contribution in [1.29, 1.82) is 0 Å². The van der Waals surface area contributed by atoms with Gasteiger partial charge in [0.05, 0.1) is 12.8 Å². The summed E-state index contributed by atoms with van der Waals surface area (Å²) >= 11 is 0. The molecule has 0 atom stereocenters. The molecule has 1 N–H and O–H groups in total. The molecule has 2 aromatic heterocycles. The van der Waals surface area contributed by atoms with Crippen molar-refractivity contribution >= 4 is 17.2 Å². The second-order valence-corrected chi connectivity index (χ2v) is 9.43. The lowest BCUT2D eigenvalue weighted by molar-refractivity contribution is 0.102. The lowest BCUT2D eigenvalue weighted by Crippen LogP contribution is -2.15. The van der Waals surface area contributed by atoms with Crippen molar-refractivity contribution in [3.05, 3.63) is 102 Å². The molecule has 5 aromatic rings. The topological polar surface area (TPSA) is 47.7 Å². The van der Waals surface area contributed by atoms with Gasteiger partial charge in [0, 0.05) is 29.6 Å². The number of aromatic nitrogens is 2. The maximum absolute atomic E-state index is 13.9. The maximum Gasteiger partial charge on any atom is 0.273 e. The number of nitrogens with zero attached hydrogens (tertiary/aromatic N) is 2. The van der Waals surface area contributed by atoms with Crippen LogP contribution in [-0.2, 0) is 13.0 Å². The number of rotatable bonds is 5. The Morgan fingerprint density at radius 1 is 0.889 bits per heavy atom. The van der Waals surface area contributed by atoms with E-state index in [9.17, 15) is 4.79 Å². The third-order valence-corrected chi connectivity index (χ3v) is 7.11. The van der Waals surface area contributed by atoms with Gasteiger partial charge in [-0.15, -0.1) is 0 Å². The molecule has 0 fully saturated rings. The molecule has 0 spiro atoms. The van der Waals surface area contributed by atoms with E-state index >= 15 is 0 Å². The second kappa shape index (κ2) is 9.08. The summed E-state index contributed by atoms with van der Waals surface area (Å²) in [4.78, 5) is 13.9. The van der Waals surface area contributed by atoms with Crippen LogP contribution < -0.4 is 10.1 Å². The summed E-state index contributed by atoms with van der Waals surface area (Å²) in [6.07, 6.45) is 5.26. The first-order chi connectivity index (χ1) is 17.6. The van der Waals surface area contributed by atoms with E-state index in [-0.39, 0.29) is 5.91 Å². The highest BCUT2D eigenvalue weighted by Crippen LogP contribution is 2.40. The van der Waals surface area contributed by atoms with Crippen LogP contribution in [0.1, 0.15) is 34.5 Å². The number of aryl methyl sites for hydroxylation is 3. The minimum atomic E-state index is -0.110. The normalized spacial score (nSPS) is 12.9. The Kier molecular flexibility index (Phi) is 5.61. The molecule has 180 valence electrons. The van der Waals surface area contributed by atoms with Gasteiger partial charge in [-0.3, -0.25) is 9.20 Å². The number of amides is 1. The molecule has 0 bridgehead atoms. The van der Waals surface area contributed by atoms with Crippen LogP contribution in [0.15, 0.2) is 85.1 Å². The first-order valence-corrected chi connectivity index (χ1v) is 12.5. The number of hydrogen-bond donors (Lipinski definition) is 1. The fourth-order valence-corrected chi connectivity index (χ4v) is 5.34. The van der Waals surface area contributed by atoms with Crippen LogP contribution in [0, 0.1) is 6.92 Å². The lowest BCUT2D eigenvalue weighted by atomic mass is 9.97. The van der Waals surface area contributed by atoms with Crippen molar-refractivity contribution in [2.75, 3.05) is 12.4 Å². The molecule has 5 nitrogen and oxygen atoms in total. The van der Waals surface area contributed by atoms with Crippen molar-refractivity contribution in [3.8, 4) is 28.1 Å². The molecule has 0 saturated heterocycles. The molecule has 3 heterocycles. The minimum absolute atomic E-state index is 0.110. The monoisotopic (exact) mass is 475 g/mol. The van der Waals surface area contributed by atoms with Gasteiger partial charge in [0.2, 0.25) is 0 Å². The highest BCUT2D eigenvalue weighted by atomic mass is 16.5. The summed E-state index contributed by atoms with van der Waals surface area (Å²) in [5.74, 6) is 0.691. The molecule has 1 aliphatic heterocycles. The van der Waals surface area contributed by atoms with Gasteiger partial charge in [-0.1, -0.05) is 60.2 Å². The molecule has 0 saturated carbocycles. The summed E-state index contributed by atoms with van der Waals surface area (Å²) in [6, 6.07) is 26.3. The number of carbonyl (C=O) groups is 1. The van der Waals surface area contributed by atoms with Gasteiger partial charge in [0.25, 0.3) is 5.91 Å². The zero-order valence-electron chi connectivity index (χ0n) is 20.6. The Morgan fingerprint density at radius 3 is 2.33 bits per heavy atom. The highest BCUT2D eigenvalue weighted by Gasteiger charge is 2.29. The number of para-hydroxylation sites is 1. The summed E-state index contributed by atoms with van der Waals surface area (Å²) in [7, 11) is 1.67. The van der Waals surface area contributed by atoms with Gasteiger partial charge in [-0.05, 0) is 61.6 Å². The Bertz CT molecular complexity index is 1540. The van der Waals surface area contributed by atoms with E-state index in [2.05, 4.69) is 63.8 Å². The Labute approximate surface area is 211 Å². The molecule has 0 radical (unpaired) electrons. The van der Waals surface area contributed by atoms with Crippen LogP contribution in [0.25, 0.3) is 28.0 Å². The Morgan fingerprint density at radius 2 is 1.61 bits per heavy atom. The zero-order chi connectivity index (χ0) is 24.6. The van der Waals surface area contributed by atoms with Crippen LogP contribution in [0.4, 0.5) is 5.69 Å². The standard InChI is InChI=1S/C31H29N3O2/c1-21-11-13-22(14-12-21)27-20-34-29(30(35)32-24-8-4-3-5-9-24)28(23-15-17-25(36-2)18-16-23)26-10-6-7-19-33(27)31(26)34/h3-5,8-9,11-18,20H,6-7,10,19H2,1-2H3,(H,32,35). The van der Waals surface area contributed by atoms with E-state index in [1.54, 1.807) is 7.11 Å². The van der Waals surface area contributed by atoms with Gasteiger partial charge in [0.1, 0.15) is 17.1 Å². The Balaban J connectivity index is 1.60. The molecule has 3 aromatic carbocycles. The first kappa shape index (κ1) is 22.2. The number of imidazole rings is 1. The van der Waals surface area contributed by atoms with E-state index in [0.29, 0.717) is 5.69 Å². The number of anilines is 1. The van der Waals surface area contributed by atoms with Gasteiger partial charge < -0.3 is 14.6 Å². The van der Waals surface area contributed by atoms with E-state index in [1.165, 1.54) is 11.1 Å². The maximum atomic E-state index is 13.9. The number of hydrogen-bond acceptors (Lipinski definition) is 2. The predicted molar refractivity (Wildman–Crippen MR) is 145 cm³/mol. The van der Waals surface area contributed by atoms with Crippen molar-refractivity contribution in [2.45, 2.75) is 32.7 Å². The highest BCUT2D eigenvalue weighted by molar-refractivity contribution is 6.10. The smallest absolute Gasteiger partial charge is 0.273 e. The number of benzene rings is 3. The van der Waals surface area contributed by atoms with Gasteiger partial charge in [-0.25, -0.2) is 0 Å². The summed E-state index contributed by atoms with van der Waals surface area (Å²) in [6.45, 7) is 3.03. The quantitative estimate of drug-likeness (QED) is 0.298. The molecule has 1 aliphatic rings. The van der Waals surface area contributed by atoms with Gasteiger partial charge >= 0.3 is 0 Å². The van der Waals surface area contributed by atoms with Gasteiger partial charge in [-0.2, -0.15) is 0 Å². The van der Waals surface area contributed by atoms with Crippen molar-refractivity contribution in [2.24, 2.45) is 0 Å². The van der Waals surface area contributed by atoms with E-state index in [1.807, 2.05) is 42.5 Å². The predicted octanol–water partition coefficient (Wildman–Crippen LogP) is 6.98. The third kappa shape index (κ3) is 3.77. The molecule has 0 unspecified atom stereocenters. The number of nitrogens with one attached hydrogen (secondary N) is 1. The summed E-state index contributed by atoms with van der Waals surface area (Å²) in [5.41, 5.74) is 9.37. The molecule has 0 aliphatic carbocycles. The minimum Gasteiger partial charge on any atom is -0.497 e. The van der Waals surface area contributed by atoms with Gasteiger partial charge in [0.15, 0.2) is 0 Å². The number of ether oxygens (including phenoxy) is 1. The largest absolute Gasteiger partial charge is 0.497 e. The Hall–Kier alpha value is -4.25. The molecule has 5 heteroatoms. The molecular weight excluding hydrogens is 446 g/mol. The lowest BCUT2D eigenvalue weighted by Gasteiger charge is -2.11. The average molecular weight is 476 g/mol. The van der Waals surface area contributed by atoms with Crippen LogP contribution >= 0.6 is 0 Å². The molecule has 6 rings (SSSR count). The van der Waals surface area contributed by atoms with E-state index < -0.39 is 0 Å². The third-order valence-electron chi connectivity index (χ3n) is 7.11. The summed E-state index contributed by atoms with van der Waals surface area (Å²) < 4.78 is 9.92. The molecule has 36 heavy (non-hydrogen) atoms. The van der Waals surface area contributed by atoms with E-state index in [0.717, 1.165) is 65.3 Å². The van der Waals surface area contributed by atoms with Crippen molar-refractivity contribution in [3.63, 3.8) is 0 Å². The van der Waals surface area contributed by atoms with Crippen LogP contribution in [-0.4, -0.2) is 22.0 Å². The van der Waals surface area contributed by atoms with Crippen LogP contribution in [0.2, 0.25) is 0 Å². The second-order valence-electron chi connectivity index (χ2n) is 9.43. The molecular formula is C31H29N3O2. The van der Waals surface area contributed by atoms with Crippen molar-refractivity contribution < 1.29 is 9.53 Å². The van der Waals surface area contributed by atoms with Crippen molar-refractivity contribution in [1.82, 2.24) is 8.97 Å². The van der Waals surface area contributed by atoms with Crippen LogP contribution in [0.3, 0.4) is 0 Å². The van der Waals surface area contributed by atoms with E-state index in [4.69, 9.17) is 4.74 Å². The molecule has 1 amide bonds. The zero-order valence-corrected chi connectivity index (χ0v) is 20.6. The van der Waals surface area contributed by atoms with Crippen LogP contribution in [0.5, 0.6) is 5.75 Å². The first-order valence-electron chi connectivity index (χ1n) is 12.5. The number of carbonyl (C=O) groups excluding carboxylic acids is 1. The fraction of sp³-hybridized carbons (Fsp3) is 0.194. The fourth-order valence-electron chi connectivity index (χ4n) is 5.34. The summed E-state index contributed by atoms with van der Waals surface area (Å²) in [5, 5.41) is 3.14. The SMILES string of the molecule is COc1ccc(-c2c3c4n(c(-c5ccc(C)cc5)cn4c2C(=O)Nc2ccccc2)CCCC3)cc1.